The van der Waals surface area contributed by atoms with Crippen LogP contribution in [0, 0.1) is 17.3 Å². The summed E-state index contributed by atoms with van der Waals surface area (Å²) in [6, 6.07) is 6.12. The zero-order chi connectivity index (χ0) is 26.6. The maximum atomic E-state index is 12.2. The number of nitrogens with two attached hydrogens (primary N) is 1. The molecule has 0 saturated carbocycles. The average molecular weight is 495 g/mol. The molecule has 0 radical (unpaired) electrons. The fourth-order valence-corrected chi connectivity index (χ4v) is 2.41. The Morgan fingerprint density at radius 2 is 1.94 bits per heavy atom. The van der Waals surface area contributed by atoms with Crippen molar-refractivity contribution in [2.24, 2.45) is 16.1 Å². The first-order valence-corrected chi connectivity index (χ1v) is 10.9. The van der Waals surface area contributed by atoms with Crippen LogP contribution < -0.4 is 16.4 Å². The predicted octanol–water partition coefficient (Wildman–Crippen LogP) is 2.86. The second kappa shape index (κ2) is 13.6. The number of carbonyl (C=O) groups excluding carboxylic acids is 2. The third-order valence-corrected chi connectivity index (χ3v) is 4.32. The van der Waals surface area contributed by atoms with E-state index >= 15 is 0 Å². The molecule has 36 heavy (non-hydrogen) atoms. The van der Waals surface area contributed by atoms with Gasteiger partial charge in [-0.05, 0) is 24.1 Å². The summed E-state index contributed by atoms with van der Waals surface area (Å²) in [5, 5.41) is 15.1. The zero-order valence-electron chi connectivity index (χ0n) is 20.7. The number of nitrogens with zero attached hydrogens (tertiary/aromatic N) is 3. The normalized spacial score (nSPS) is 11.9. The van der Waals surface area contributed by atoms with Crippen molar-refractivity contribution >= 4 is 29.3 Å². The topological polar surface area (TPSA) is 161 Å². The lowest BCUT2D eigenvalue weighted by molar-refractivity contribution is -0.121. The number of amides is 3. The molecule has 11 heteroatoms. The largest absolute Gasteiger partial charge is 0.512 e. The van der Waals surface area contributed by atoms with E-state index in [0.29, 0.717) is 30.2 Å². The summed E-state index contributed by atoms with van der Waals surface area (Å²) in [4.78, 5) is 35.9. The molecule has 0 bridgehead atoms. The van der Waals surface area contributed by atoms with Gasteiger partial charge in [0.15, 0.2) is 5.82 Å². The fraction of sp³-hybridized carbons (Fsp3) is 0.320. The molecule has 0 unspecified atom stereocenters. The Bertz CT molecular complexity index is 1170. The molecular weight excluding hydrogens is 464 g/mol. The van der Waals surface area contributed by atoms with Crippen LogP contribution in [0.15, 0.2) is 53.5 Å². The Labute approximate surface area is 209 Å². The highest BCUT2D eigenvalue weighted by molar-refractivity contribution is 6.03. The number of rotatable bonds is 8. The first-order valence-electron chi connectivity index (χ1n) is 10.9. The van der Waals surface area contributed by atoms with Gasteiger partial charge >= 0.3 is 6.03 Å². The molecule has 2 rings (SSSR count). The van der Waals surface area contributed by atoms with Gasteiger partial charge in [0.1, 0.15) is 23.9 Å². The smallest absolute Gasteiger partial charge is 0.347 e. The lowest BCUT2D eigenvalue weighted by atomic mass is 9.93. The van der Waals surface area contributed by atoms with Gasteiger partial charge < -0.3 is 30.9 Å². The van der Waals surface area contributed by atoms with Gasteiger partial charge in [0, 0.05) is 29.9 Å². The van der Waals surface area contributed by atoms with Gasteiger partial charge in [-0.15, -0.1) is 0 Å². The van der Waals surface area contributed by atoms with Gasteiger partial charge in [-0.3, -0.25) is 4.79 Å². The Morgan fingerprint density at radius 3 is 2.61 bits per heavy atom. The van der Waals surface area contributed by atoms with Crippen molar-refractivity contribution in [1.29, 1.82) is 0 Å². The second-order valence-electron chi connectivity index (χ2n) is 8.46. The number of methoxy groups -OCH3 is 1. The van der Waals surface area contributed by atoms with E-state index in [9.17, 15) is 14.7 Å². The van der Waals surface area contributed by atoms with Crippen LogP contribution >= 0.6 is 0 Å². The van der Waals surface area contributed by atoms with E-state index in [0.717, 1.165) is 0 Å². The first-order chi connectivity index (χ1) is 17.1. The van der Waals surface area contributed by atoms with E-state index in [2.05, 4.69) is 37.4 Å². The molecule has 0 aliphatic carbocycles. The van der Waals surface area contributed by atoms with Crippen LogP contribution in [0.4, 0.5) is 16.3 Å². The number of anilines is 2. The van der Waals surface area contributed by atoms with Gasteiger partial charge in [-0.25, -0.2) is 14.8 Å². The number of aliphatic hydroxyl groups is 1. The Hall–Kier alpha value is -4.27. The molecule has 1 aromatic heterocycles. The number of carbonyl (C=O) groups is 2. The van der Waals surface area contributed by atoms with Gasteiger partial charge in [0.05, 0.1) is 25.6 Å². The molecule has 0 atom stereocenters. The van der Waals surface area contributed by atoms with Crippen molar-refractivity contribution in [3.05, 3.63) is 59.8 Å². The number of ether oxygens (including phenoxy) is 2. The van der Waals surface area contributed by atoms with Crippen molar-refractivity contribution in [3.63, 3.8) is 0 Å². The highest BCUT2D eigenvalue weighted by Crippen LogP contribution is 2.22. The molecule has 1 aromatic carbocycles. The molecule has 1 heterocycles. The van der Waals surface area contributed by atoms with Crippen LogP contribution in [-0.2, 0) is 14.3 Å². The summed E-state index contributed by atoms with van der Waals surface area (Å²) in [6.07, 6.45) is 4.07. The lowest BCUT2D eigenvalue weighted by Crippen LogP contribution is -2.20. The lowest BCUT2D eigenvalue weighted by Gasteiger charge is -2.16. The van der Waals surface area contributed by atoms with E-state index in [1.807, 2.05) is 0 Å². The molecule has 11 nitrogen and oxygen atoms in total. The quantitative estimate of drug-likeness (QED) is 0.143. The number of aromatic nitrogens is 2. The molecule has 2 aromatic rings. The minimum absolute atomic E-state index is 0.0132. The molecule has 0 saturated heterocycles. The zero-order valence-corrected chi connectivity index (χ0v) is 20.7. The number of aliphatic hydroxyl groups excluding tert-OH is 1. The summed E-state index contributed by atoms with van der Waals surface area (Å²) in [5.41, 5.74) is 6.67. The van der Waals surface area contributed by atoms with Crippen LogP contribution in [0.2, 0.25) is 0 Å². The maximum absolute atomic E-state index is 12.2. The van der Waals surface area contributed by atoms with Crippen molar-refractivity contribution in [2.75, 3.05) is 37.6 Å². The van der Waals surface area contributed by atoms with E-state index in [1.165, 1.54) is 18.5 Å². The van der Waals surface area contributed by atoms with Crippen LogP contribution in [0.5, 0.6) is 0 Å². The number of allylic oxidation sites excluding steroid dienone is 1. The predicted molar refractivity (Wildman–Crippen MR) is 137 cm³/mol. The molecule has 0 fully saturated rings. The number of hydrogen-bond acceptors (Lipinski definition) is 7. The number of benzene rings is 1. The van der Waals surface area contributed by atoms with E-state index in [-0.39, 0.29) is 29.9 Å². The van der Waals surface area contributed by atoms with Gasteiger partial charge in [0.25, 0.3) is 5.91 Å². The van der Waals surface area contributed by atoms with Crippen molar-refractivity contribution in [2.45, 2.75) is 20.8 Å². The Morgan fingerprint density at radius 1 is 1.17 bits per heavy atom. The summed E-state index contributed by atoms with van der Waals surface area (Å²) in [7, 11) is 1.55. The van der Waals surface area contributed by atoms with Crippen LogP contribution in [0.3, 0.4) is 0 Å². The third kappa shape index (κ3) is 10.3. The van der Waals surface area contributed by atoms with E-state index in [4.69, 9.17) is 15.2 Å². The highest BCUT2D eigenvalue weighted by Gasteiger charge is 2.16. The summed E-state index contributed by atoms with van der Waals surface area (Å²) in [6.45, 7) is 6.01. The molecule has 190 valence electrons. The minimum atomic E-state index is -0.692. The standard InChI is InChI=1S/C25H30N6O5/c1-25(2,3)20(32)13-21(26)30-24(34)29-18-7-5-6-17(12-18)8-9-19-14-28-22(15-27-19)31-23(33)16-36-11-10-35-4/h5-7,12-15,32H,10-11,16H2,1-4H3,(H,28,31,33)(H3,26,29,30,34)/b20-13-. The van der Waals surface area contributed by atoms with Crippen LogP contribution in [-0.4, -0.2) is 59.8 Å². The fourth-order valence-electron chi connectivity index (χ4n) is 2.41. The second-order valence-corrected chi connectivity index (χ2v) is 8.46. The van der Waals surface area contributed by atoms with Crippen LogP contribution in [0.25, 0.3) is 0 Å². The number of hydrogen-bond donors (Lipinski definition) is 4. The van der Waals surface area contributed by atoms with Crippen LogP contribution in [0.1, 0.15) is 32.0 Å². The minimum Gasteiger partial charge on any atom is -0.512 e. The number of amidine groups is 1. The maximum Gasteiger partial charge on any atom is 0.347 e. The molecule has 5 N–H and O–H groups in total. The molecule has 0 aliphatic rings. The Balaban J connectivity index is 1.97. The average Bonchev–Trinajstić information content (AvgIpc) is 2.81. The van der Waals surface area contributed by atoms with Crippen molar-refractivity contribution in [3.8, 4) is 11.8 Å². The summed E-state index contributed by atoms with van der Waals surface area (Å²) in [5.74, 6) is 5.61. The molecule has 0 aliphatic heterocycles. The number of urea groups is 1. The van der Waals surface area contributed by atoms with Gasteiger partial charge in [0.2, 0.25) is 0 Å². The monoisotopic (exact) mass is 494 g/mol. The van der Waals surface area contributed by atoms with Crippen molar-refractivity contribution < 1.29 is 24.2 Å². The SMILES string of the molecule is COCCOCC(=O)Nc1cnc(C#Cc2cccc(NC(=O)/N=C(N)\C=C(/O)C(C)(C)C)c2)cn1. The molecular formula is C25H30N6O5. The Kier molecular flexibility index (Phi) is 10.5. The highest BCUT2D eigenvalue weighted by atomic mass is 16.5. The van der Waals surface area contributed by atoms with E-state index in [1.54, 1.807) is 52.1 Å². The number of nitrogens with one attached hydrogen (secondary N) is 2. The molecule has 3 amide bonds. The molecule has 0 spiro atoms. The summed E-state index contributed by atoms with van der Waals surface area (Å²) >= 11 is 0. The first kappa shape index (κ1) is 28.0. The van der Waals surface area contributed by atoms with Gasteiger partial charge in [-0.1, -0.05) is 32.8 Å². The summed E-state index contributed by atoms with van der Waals surface area (Å²) < 4.78 is 9.98. The number of aliphatic imine (C=N–C) groups is 1. The third-order valence-electron chi connectivity index (χ3n) is 4.32. The van der Waals surface area contributed by atoms with Crippen molar-refractivity contribution in [1.82, 2.24) is 9.97 Å². The van der Waals surface area contributed by atoms with Gasteiger partial charge in [-0.2, -0.15) is 4.99 Å². The van der Waals surface area contributed by atoms with E-state index < -0.39 is 11.4 Å².